The number of hydrogen-bond donors (Lipinski definition) is 1. The van der Waals surface area contributed by atoms with Crippen molar-refractivity contribution in [3.05, 3.63) is 36.7 Å². The lowest BCUT2D eigenvalue weighted by molar-refractivity contribution is 0.286. The SMILES string of the molecule is O=S(=O)(c1cccc2cnccc12)N1CCCN(CCC[SiH2]O)CC1. The van der Waals surface area contributed by atoms with Gasteiger partial charge in [-0.25, -0.2) is 8.42 Å². The molecule has 3 rings (SSSR count). The van der Waals surface area contributed by atoms with Crippen molar-refractivity contribution in [3.63, 3.8) is 0 Å². The van der Waals surface area contributed by atoms with Gasteiger partial charge in [0, 0.05) is 42.8 Å². The summed E-state index contributed by atoms with van der Waals surface area (Å²) in [6.07, 6.45) is 5.17. The van der Waals surface area contributed by atoms with Gasteiger partial charge in [-0.3, -0.25) is 4.98 Å². The molecule has 0 aliphatic carbocycles. The summed E-state index contributed by atoms with van der Waals surface area (Å²) in [5, 5.41) is 1.57. The van der Waals surface area contributed by atoms with Crippen LogP contribution in [0.4, 0.5) is 0 Å². The predicted molar refractivity (Wildman–Crippen MR) is 102 cm³/mol. The minimum absolute atomic E-state index is 0.368. The van der Waals surface area contributed by atoms with E-state index in [1.807, 2.05) is 6.07 Å². The molecule has 0 unspecified atom stereocenters. The Kier molecular flexibility index (Phi) is 6.18. The molecule has 1 aromatic carbocycles. The van der Waals surface area contributed by atoms with E-state index in [-0.39, 0.29) is 0 Å². The van der Waals surface area contributed by atoms with E-state index in [2.05, 4.69) is 9.88 Å². The van der Waals surface area contributed by atoms with Crippen molar-refractivity contribution in [3.8, 4) is 0 Å². The summed E-state index contributed by atoms with van der Waals surface area (Å²) in [5.41, 5.74) is 0. The maximum Gasteiger partial charge on any atom is 0.243 e. The molecule has 2 heterocycles. The van der Waals surface area contributed by atoms with Crippen LogP contribution in [0.25, 0.3) is 10.8 Å². The summed E-state index contributed by atoms with van der Waals surface area (Å²) in [4.78, 5) is 15.8. The van der Waals surface area contributed by atoms with E-state index in [0.29, 0.717) is 18.0 Å². The second-order valence-electron chi connectivity index (χ2n) is 6.38. The first-order valence-electron chi connectivity index (χ1n) is 8.79. The molecule has 0 bridgehead atoms. The standard InChI is InChI=1S/C17H25N3O3SSi/c21-24(22,17-5-1-4-15-14-18-7-6-16(15)17)20-10-2-8-19(11-12-20)9-3-13-25-23/h1,4-7,14,23H,2-3,8-13,25H2. The van der Waals surface area contributed by atoms with Gasteiger partial charge >= 0.3 is 0 Å². The van der Waals surface area contributed by atoms with Crippen LogP contribution < -0.4 is 0 Å². The van der Waals surface area contributed by atoms with Gasteiger partial charge in [0.05, 0.1) is 4.90 Å². The average molecular weight is 380 g/mol. The van der Waals surface area contributed by atoms with Crippen LogP contribution in [-0.4, -0.2) is 69.9 Å². The smallest absolute Gasteiger partial charge is 0.243 e. The van der Waals surface area contributed by atoms with Gasteiger partial charge in [0.1, 0.15) is 0 Å². The van der Waals surface area contributed by atoms with Gasteiger partial charge in [-0.15, -0.1) is 0 Å². The van der Waals surface area contributed by atoms with Crippen LogP contribution in [0.5, 0.6) is 0 Å². The van der Waals surface area contributed by atoms with Gasteiger partial charge in [0.2, 0.25) is 10.0 Å². The number of hydrogen-bond acceptors (Lipinski definition) is 5. The molecule has 0 atom stereocenters. The number of aromatic nitrogens is 1. The molecular formula is C17H25N3O3SSi. The van der Waals surface area contributed by atoms with Crippen molar-refractivity contribution in [1.82, 2.24) is 14.2 Å². The van der Waals surface area contributed by atoms with Gasteiger partial charge in [-0.2, -0.15) is 4.31 Å². The monoisotopic (exact) mass is 379 g/mol. The topological polar surface area (TPSA) is 73.7 Å². The van der Waals surface area contributed by atoms with Gasteiger partial charge in [-0.05, 0) is 44.1 Å². The van der Waals surface area contributed by atoms with Crippen LogP contribution in [0, 0.1) is 0 Å². The molecule has 2 aromatic rings. The molecule has 6 nitrogen and oxygen atoms in total. The zero-order valence-corrected chi connectivity index (χ0v) is 16.6. The average Bonchev–Trinajstić information content (AvgIpc) is 2.88. The summed E-state index contributed by atoms with van der Waals surface area (Å²) < 4.78 is 28.0. The van der Waals surface area contributed by atoms with Gasteiger partial charge in [0.25, 0.3) is 0 Å². The van der Waals surface area contributed by atoms with Crippen molar-refractivity contribution in [2.24, 2.45) is 0 Å². The van der Waals surface area contributed by atoms with Crippen molar-refractivity contribution < 1.29 is 13.2 Å². The highest BCUT2D eigenvalue weighted by Gasteiger charge is 2.28. The fraction of sp³-hybridized carbons (Fsp3) is 0.471. The fourth-order valence-electron chi connectivity index (χ4n) is 3.32. The molecule has 1 aromatic heterocycles. The van der Waals surface area contributed by atoms with E-state index in [0.717, 1.165) is 49.3 Å². The number of sulfonamides is 1. The molecule has 0 radical (unpaired) electrons. The highest BCUT2D eigenvalue weighted by atomic mass is 32.2. The normalized spacial score (nSPS) is 18.1. The quantitative estimate of drug-likeness (QED) is 0.594. The van der Waals surface area contributed by atoms with E-state index < -0.39 is 19.8 Å². The summed E-state index contributed by atoms with van der Waals surface area (Å²) in [5.74, 6) is 0. The molecule has 1 aliphatic rings. The van der Waals surface area contributed by atoms with Crippen LogP contribution in [0.1, 0.15) is 12.8 Å². The Hall–Kier alpha value is -1.32. The lowest BCUT2D eigenvalue weighted by Gasteiger charge is -2.22. The zero-order chi connectivity index (χ0) is 17.7. The molecule has 136 valence electrons. The van der Waals surface area contributed by atoms with Crippen molar-refractivity contribution in [2.75, 3.05) is 32.7 Å². The molecule has 1 N–H and O–H groups in total. The number of fused-ring (bicyclic) bond motifs is 1. The highest BCUT2D eigenvalue weighted by Crippen LogP contribution is 2.25. The Bertz CT molecular complexity index is 810. The predicted octanol–water partition coefficient (Wildman–Crippen LogP) is 0.816. The highest BCUT2D eigenvalue weighted by molar-refractivity contribution is 7.89. The maximum atomic E-state index is 13.2. The van der Waals surface area contributed by atoms with E-state index >= 15 is 0 Å². The number of nitrogens with zero attached hydrogens (tertiary/aromatic N) is 3. The van der Waals surface area contributed by atoms with Crippen molar-refractivity contribution >= 4 is 30.6 Å². The lowest BCUT2D eigenvalue weighted by Crippen LogP contribution is -2.35. The number of benzene rings is 1. The second kappa shape index (κ2) is 8.37. The largest absolute Gasteiger partial charge is 0.438 e. The maximum absolute atomic E-state index is 13.2. The molecule has 0 saturated carbocycles. The van der Waals surface area contributed by atoms with Crippen LogP contribution in [-0.2, 0) is 10.0 Å². The molecule has 25 heavy (non-hydrogen) atoms. The van der Waals surface area contributed by atoms with Gasteiger partial charge < -0.3 is 9.70 Å². The third kappa shape index (κ3) is 4.27. The fourth-order valence-corrected chi connectivity index (χ4v) is 5.45. The Morgan fingerprint density at radius 1 is 1.16 bits per heavy atom. The summed E-state index contributed by atoms with van der Waals surface area (Å²) in [6, 6.07) is 8.05. The Balaban J connectivity index is 1.78. The molecular weight excluding hydrogens is 354 g/mol. The molecule has 0 spiro atoms. The number of pyridine rings is 1. The molecule has 1 fully saturated rings. The Labute approximate surface area is 151 Å². The second-order valence-corrected chi connectivity index (χ2v) is 9.44. The third-order valence-corrected chi connectivity index (χ3v) is 7.46. The Morgan fingerprint density at radius 3 is 2.88 bits per heavy atom. The van der Waals surface area contributed by atoms with Crippen molar-refractivity contribution in [1.29, 1.82) is 0 Å². The molecule has 1 aliphatic heterocycles. The summed E-state index contributed by atoms with van der Waals surface area (Å²) in [6.45, 7) is 3.67. The van der Waals surface area contributed by atoms with Crippen LogP contribution in [0.3, 0.4) is 0 Å². The third-order valence-electron chi connectivity index (χ3n) is 4.69. The minimum Gasteiger partial charge on any atom is -0.438 e. The van der Waals surface area contributed by atoms with Crippen molar-refractivity contribution in [2.45, 2.75) is 23.8 Å². The van der Waals surface area contributed by atoms with E-state index in [1.54, 1.807) is 34.9 Å². The molecule has 8 heteroatoms. The first kappa shape index (κ1) is 18.5. The molecule has 0 amide bonds. The first-order chi connectivity index (χ1) is 12.1. The number of rotatable bonds is 6. The minimum atomic E-state index is -3.51. The summed E-state index contributed by atoms with van der Waals surface area (Å²) >= 11 is 0. The molecule has 1 saturated heterocycles. The van der Waals surface area contributed by atoms with Crippen LogP contribution in [0.2, 0.25) is 6.04 Å². The Morgan fingerprint density at radius 2 is 2.04 bits per heavy atom. The van der Waals surface area contributed by atoms with Gasteiger partial charge in [-0.1, -0.05) is 12.1 Å². The lowest BCUT2D eigenvalue weighted by atomic mass is 10.2. The van der Waals surface area contributed by atoms with Crippen LogP contribution in [0.15, 0.2) is 41.6 Å². The van der Waals surface area contributed by atoms with Crippen LogP contribution >= 0.6 is 0 Å². The van der Waals surface area contributed by atoms with E-state index in [1.165, 1.54) is 0 Å². The summed E-state index contributed by atoms with van der Waals surface area (Å²) in [7, 11) is -4.38. The van der Waals surface area contributed by atoms with E-state index in [9.17, 15) is 8.42 Å². The van der Waals surface area contributed by atoms with E-state index in [4.69, 9.17) is 4.80 Å². The van der Waals surface area contributed by atoms with Gasteiger partial charge in [0.15, 0.2) is 9.76 Å². The first-order valence-corrected chi connectivity index (χ1v) is 11.9. The zero-order valence-electron chi connectivity index (χ0n) is 14.3.